The molecule has 4 amide bonds. The number of nitrogens with one attached hydrogen (secondary N) is 1. The first-order chi connectivity index (χ1) is 16.7. The van der Waals surface area contributed by atoms with Gasteiger partial charge in [-0.15, -0.1) is 0 Å². The van der Waals surface area contributed by atoms with Gasteiger partial charge >= 0.3 is 6.03 Å². The van der Waals surface area contributed by atoms with E-state index in [0.29, 0.717) is 6.54 Å². The normalized spacial score (nSPS) is 20.9. The fourth-order valence-electron chi connectivity index (χ4n) is 4.71. The summed E-state index contributed by atoms with van der Waals surface area (Å²) in [6.07, 6.45) is -0.773. The number of piperazine rings is 1. The monoisotopic (exact) mass is 485 g/mol. The average Bonchev–Trinajstić information content (AvgIpc) is 2.80. The third kappa shape index (κ3) is 4.97. The average molecular weight is 486 g/mol. The summed E-state index contributed by atoms with van der Waals surface area (Å²) >= 11 is 0. The van der Waals surface area contributed by atoms with Crippen molar-refractivity contribution in [2.75, 3.05) is 20.1 Å². The van der Waals surface area contributed by atoms with Crippen molar-refractivity contribution >= 4 is 17.8 Å². The molecule has 10 heteroatoms. The van der Waals surface area contributed by atoms with Crippen LogP contribution in [-0.4, -0.2) is 70.0 Å². The highest BCUT2D eigenvalue weighted by molar-refractivity contribution is 5.91. The lowest BCUT2D eigenvalue weighted by molar-refractivity contribution is -0.190. The molecule has 2 saturated heterocycles. The zero-order valence-corrected chi connectivity index (χ0v) is 19.9. The third-order valence-corrected chi connectivity index (χ3v) is 6.37. The second-order valence-corrected chi connectivity index (χ2v) is 9.23. The van der Waals surface area contributed by atoms with Crippen molar-refractivity contribution in [2.24, 2.45) is 5.92 Å². The number of benzene rings is 2. The highest BCUT2D eigenvalue weighted by atomic mass is 19.1. The zero-order valence-electron chi connectivity index (χ0n) is 19.9. The number of likely N-dealkylation sites (N-methyl/N-ethyl adjacent to an activating group) is 1. The van der Waals surface area contributed by atoms with Crippen LogP contribution in [0.5, 0.6) is 0 Å². The molecule has 0 aliphatic carbocycles. The molecule has 8 nitrogen and oxygen atoms in total. The quantitative estimate of drug-likeness (QED) is 0.707. The second kappa shape index (κ2) is 9.99. The van der Waals surface area contributed by atoms with Gasteiger partial charge in [-0.05, 0) is 17.5 Å². The van der Waals surface area contributed by atoms with Gasteiger partial charge in [-0.25, -0.2) is 23.6 Å². The van der Waals surface area contributed by atoms with E-state index in [1.165, 1.54) is 25.9 Å². The molecule has 2 aromatic rings. The Balaban J connectivity index is 1.62. The SMILES string of the molecule is CC(C)[C@H]1C(=O)N(Cc2ccc(F)cc2F)C[C@H]2N1C(=O)CN(C)N2C(=O)NCc1ccccc1. The largest absolute Gasteiger partial charge is 0.334 e. The van der Waals surface area contributed by atoms with Crippen LogP contribution in [0.15, 0.2) is 48.5 Å². The van der Waals surface area contributed by atoms with Crippen LogP contribution in [-0.2, 0) is 22.7 Å². The summed E-state index contributed by atoms with van der Waals surface area (Å²) in [5, 5.41) is 5.86. The van der Waals surface area contributed by atoms with E-state index in [2.05, 4.69) is 5.32 Å². The number of fused-ring (bicyclic) bond motifs is 1. The van der Waals surface area contributed by atoms with Crippen molar-refractivity contribution in [1.29, 1.82) is 0 Å². The van der Waals surface area contributed by atoms with E-state index in [-0.39, 0.29) is 42.9 Å². The van der Waals surface area contributed by atoms with Gasteiger partial charge in [0, 0.05) is 31.8 Å². The fourth-order valence-corrected chi connectivity index (χ4v) is 4.71. The van der Waals surface area contributed by atoms with Crippen LogP contribution in [0.25, 0.3) is 0 Å². The van der Waals surface area contributed by atoms with Crippen LogP contribution >= 0.6 is 0 Å². The molecule has 2 fully saturated rings. The summed E-state index contributed by atoms with van der Waals surface area (Å²) in [6, 6.07) is 11.4. The molecule has 2 aromatic carbocycles. The van der Waals surface area contributed by atoms with E-state index in [1.54, 1.807) is 7.05 Å². The van der Waals surface area contributed by atoms with Crippen molar-refractivity contribution in [3.63, 3.8) is 0 Å². The summed E-state index contributed by atoms with van der Waals surface area (Å²) in [7, 11) is 1.64. The van der Waals surface area contributed by atoms with E-state index < -0.39 is 29.9 Å². The van der Waals surface area contributed by atoms with Gasteiger partial charge in [0.15, 0.2) is 0 Å². The molecule has 0 bridgehead atoms. The molecular weight excluding hydrogens is 456 g/mol. The molecule has 2 aliphatic rings. The lowest BCUT2D eigenvalue weighted by Gasteiger charge is -2.55. The van der Waals surface area contributed by atoms with Gasteiger partial charge < -0.3 is 15.1 Å². The number of rotatable bonds is 5. The number of halogens is 2. The van der Waals surface area contributed by atoms with Crippen LogP contribution in [0, 0.1) is 17.6 Å². The molecule has 2 atom stereocenters. The molecule has 0 unspecified atom stereocenters. The first-order valence-electron chi connectivity index (χ1n) is 11.5. The van der Waals surface area contributed by atoms with Crippen LogP contribution in [0.1, 0.15) is 25.0 Å². The van der Waals surface area contributed by atoms with E-state index in [1.807, 2.05) is 44.2 Å². The summed E-state index contributed by atoms with van der Waals surface area (Å²) in [4.78, 5) is 42.7. The maximum absolute atomic E-state index is 14.4. The molecule has 35 heavy (non-hydrogen) atoms. The minimum atomic E-state index is -0.817. The Morgan fingerprint density at radius 2 is 1.83 bits per heavy atom. The highest BCUT2D eigenvalue weighted by Crippen LogP contribution is 2.30. The number of amides is 4. The number of hydrogen-bond donors (Lipinski definition) is 1. The Morgan fingerprint density at radius 1 is 1.11 bits per heavy atom. The van der Waals surface area contributed by atoms with Gasteiger partial charge in [-0.2, -0.15) is 0 Å². The molecule has 0 radical (unpaired) electrons. The summed E-state index contributed by atoms with van der Waals surface area (Å²) in [6.45, 7) is 3.78. The molecule has 2 heterocycles. The number of hydrogen-bond acceptors (Lipinski definition) is 4. The fraction of sp³-hybridized carbons (Fsp3) is 0.400. The second-order valence-electron chi connectivity index (χ2n) is 9.23. The van der Waals surface area contributed by atoms with Crippen LogP contribution in [0.4, 0.5) is 13.6 Å². The van der Waals surface area contributed by atoms with Gasteiger partial charge in [0.2, 0.25) is 11.8 Å². The van der Waals surface area contributed by atoms with Gasteiger partial charge in [0.05, 0.1) is 13.1 Å². The molecule has 0 saturated carbocycles. The van der Waals surface area contributed by atoms with E-state index in [0.717, 1.165) is 17.7 Å². The lowest BCUT2D eigenvalue weighted by Crippen LogP contribution is -2.76. The zero-order chi connectivity index (χ0) is 25.3. The first-order valence-corrected chi connectivity index (χ1v) is 11.5. The summed E-state index contributed by atoms with van der Waals surface area (Å²) < 4.78 is 27.8. The number of carbonyl (C=O) groups excluding carboxylic acids is 3. The predicted octanol–water partition coefficient (Wildman–Crippen LogP) is 2.56. The summed E-state index contributed by atoms with van der Waals surface area (Å²) in [5.74, 6) is -2.29. The predicted molar refractivity (Wildman–Crippen MR) is 124 cm³/mol. The van der Waals surface area contributed by atoms with Crippen molar-refractivity contribution in [2.45, 2.75) is 39.1 Å². The highest BCUT2D eigenvalue weighted by Gasteiger charge is 2.51. The number of urea groups is 1. The molecule has 1 N–H and O–H groups in total. The Labute approximate surface area is 203 Å². The number of nitrogens with zero attached hydrogens (tertiary/aromatic N) is 4. The van der Waals surface area contributed by atoms with E-state index >= 15 is 0 Å². The van der Waals surface area contributed by atoms with Crippen molar-refractivity contribution < 1.29 is 23.2 Å². The minimum absolute atomic E-state index is 0.00624. The molecule has 4 rings (SSSR count). The number of hydrazine groups is 1. The molecular formula is C25H29F2N5O3. The Bertz CT molecular complexity index is 1110. The van der Waals surface area contributed by atoms with Crippen LogP contribution < -0.4 is 5.32 Å². The molecule has 2 aliphatic heterocycles. The Morgan fingerprint density at radius 3 is 2.49 bits per heavy atom. The van der Waals surface area contributed by atoms with Gasteiger partial charge in [-0.3, -0.25) is 9.59 Å². The van der Waals surface area contributed by atoms with E-state index in [4.69, 9.17) is 0 Å². The molecule has 0 spiro atoms. The Kier molecular flexibility index (Phi) is 7.02. The standard InChI is InChI=1S/C25H29F2N5O3/c1-16(2)23-24(34)30(13-18-9-10-19(26)11-20(18)27)14-21-31(23)22(33)15-29(3)32(21)25(35)28-12-17-7-5-4-6-8-17/h4-11,16,21,23H,12-15H2,1-3H3,(H,28,35)/t21-,23-/m0/s1. The smallest absolute Gasteiger partial charge is 0.333 e. The number of carbonyl (C=O) groups is 3. The van der Waals surface area contributed by atoms with Crippen LogP contribution in [0.3, 0.4) is 0 Å². The Hall–Kier alpha value is -3.53. The maximum Gasteiger partial charge on any atom is 0.334 e. The van der Waals surface area contributed by atoms with Crippen molar-refractivity contribution in [3.05, 3.63) is 71.3 Å². The van der Waals surface area contributed by atoms with Crippen LogP contribution in [0.2, 0.25) is 0 Å². The topological polar surface area (TPSA) is 76.2 Å². The first kappa shape index (κ1) is 24.6. The van der Waals surface area contributed by atoms with Crippen molar-refractivity contribution in [1.82, 2.24) is 25.1 Å². The third-order valence-electron chi connectivity index (χ3n) is 6.37. The van der Waals surface area contributed by atoms with Gasteiger partial charge in [0.1, 0.15) is 23.8 Å². The van der Waals surface area contributed by atoms with E-state index in [9.17, 15) is 23.2 Å². The van der Waals surface area contributed by atoms with Crippen molar-refractivity contribution in [3.8, 4) is 0 Å². The molecule has 0 aromatic heterocycles. The lowest BCUT2D eigenvalue weighted by atomic mass is 9.96. The molecule has 186 valence electrons. The van der Waals surface area contributed by atoms with Gasteiger partial charge in [-0.1, -0.05) is 50.2 Å². The van der Waals surface area contributed by atoms with Gasteiger partial charge in [0.25, 0.3) is 0 Å². The maximum atomic E-state index is 14.4. The minimum Gasteiger partial charge on any atom is -0.333 e. The summed E-state index contributed by atoms with van der Waals surface area (Å²) in [5.41, 5.74) is 1.08.